The van der Waals surface area contributed by atoms with Gasteiger partial charge in [-0.15, -0.1) is 0 Å². The van der Waals surface area contributed by atoms with Gasteiger partial charge in [0, 0.05) is 5.41 Å². The molecule has 0 atom stereocenters. The highest BCUT2D eigenvalue weighted by Gasteiger charge is 2.36. The lowest BCUT2D eigenvalue weighted by Gasteiger charge is -2.36. The third kappa shape index (κ3) is 2.49. The summed E-state index contributed by atoms with van der Waals surface area (Å²) in [6.45, 7) is 6.44. The van der Waals surface area contributed by atoms with E-state index in [2.05, 4.69) is 20.8 Å². The average molecular weight is 182 g/mol. The van der Waals surface area contributed by atoms with Crippen LogP contribution >= 0.6 is 0 Å². The predicted octanol–water partition coefficient (Wildman–Crippen LogP) is 4.20. The van der Waals surface area contributed by atoms with Gasteiger partial charge in [-0.05, 0) is 24.8 Å². The summed E-state index contributed by atoms with van der Waals surface area (Å²) in [6.07, 6.45) is 7.41. The highest BCUT2D eigenvalue weighted by molar-refractivity contribution is 5.27. The number of hydrogen-bond acceptors (Lipinski definition) is 1. The van der Waals surface area contributed by atoms with Gasteiger partial charge in [-0.2, -0.15) is 0 Å². The first kappa shape index (κ1) is 10.6. The third-order valence-electron chi connectivity index (χ3n) is 2.96. The summed E-state index contributed by atoms with van der Waals surface area (Å²) in [5.74, 6) is 0.670. The van der Waals surface area contributed by atoms with Gasteiger partial charge >= 0.3 is 0 Å². The van der Waals surface area contributed by atoms with Crippen LogP contribution in [0.1, 0.15) is 59.3 Å². The van der Waals surface area contributed by atoms with Crippen LogP contribution in [0.25, 0.3) is 0 Å². The molecule has 0 aromatic heterocycles. The molecule has 1 aliphatic rings. The highest BCUT2D eigenvalue weighted by Crippen LogP contribution is 2.45. The number of aliphatic hydroxyl groups is 1. The summed E-state index contributed by atoms with van der Waals surface area (Å²) >= 11 is 0. The molecule has 0 unspecified atom stereocenters. The molecule has 0 aliphatic heterocycles. The van der Waals surface area contributed by atoms with Crippen molar-refractivity contribution in [1.29, 1.82) is 0 Å². The van der Waals surface area contributed by atoms with Crippen LogP contribution in [-0.2, 0) is 0 Å². The molecule has 0 spiro atoms. The lowest BCUT2D eigenvalue weighted by atomic mass is 9.70. The smallest absolute Gasteiger partial charge is 0.0974 e. The molecule has 0 fully saturated rings. The average Bonchev–Trinajstić information content (AvgIpc) is 2.10. The lowest BCUT2D eigenvalue weighted by molar-refractivity contribution is 0.198. The van der Waals surface area contributed by atoms with E-state index in [0.29, 0.717) is 5.76 Å². The van der Waals surface area contributed by atoms with Crippen LogP contribution in [0.5, 0.6) is 0 Å². The van der Waals surface area contributed by atoms with Gasteiger partial charge in [-0.1, -0.05) is 40.0 Å². The normalized spacial score (nSPS) is 20.2. The lowest BCUT2D eigenvalue weighted by Crippen LogP contribution is -2.27. The quantitative estimate of drug-likeness (QED) is 0.632. The number of unbranched alkanes of at least 4 members (excludes halogenated alkanes) is 3. The van der Waals surface area contributed by atoms with Gasteiger partial charge in [0.25, 0.3) is 0 Å². The molecule has 1 heteroatoms. The van der Waals surface area contributed by atoms with E-state index in [1.165, 1.54) is 31.3 Å². The second-order valence-corrected chi connectivity index (χ2v) is 4.82. The van der Waals surface area contributed by atoms with Crippen LogP contribution in [0.2, 0.25) is 0 Å². The van der Waals surface area contributed by atoms with E-state index in [1.807, 2.05) is 0 Å². The Morgan fingerprint density at radius 3 is 2.38 bits per heavy atom. The monoisotopic (exact) mass is 182 g/mol. The van der Waals surface area contributed by atoms with Crippen LogP contribution in [0.4, 0.5) is 0 Å². The van der Waals surface area contributed by atoms with E-state index in [-0.39, 0.29) is 5.41 Å². The topological polar surface area (TPSA) is 20.2 Å². The van der Waals surface area contributed by atoms with Crippen molar-refractivity contribution >= 4 is 0 Å². The molecule has 1 nitrogen and oxygen atoms in total. The Hall–Kier alpha value is -0.460. The summed E-state index contributed by atoms with van der Waals surface area (Å²) in [5.41, 5.74) is 1.39. The molecule has 0 aromatic rings. The Labute approximate surface area is 81.9 Å². The molecular weight excluding hydrogens is 160 g/mol. The van der Waals surface area contributed by atoms with Gasteiger partial charge in [-0.3, -0.25) is 0 Å². The van der Waals surface area contributed by atoms with Gasteiger partial charge in [0.05, 0.1) is 5.76 Å². The fourth-order valence-corrected chi connectivity index (χ4v) is 2.04. The maximum Gasteiger partial charge on any atom is 0.0974 e. The first-order valence-electron chi connectivity index (χ1n) is 5.49. The molecule has 0 amide bonds. The Morgan fingerprint density at radius 1 is 1.23 bits per heavy atom. The number of hydrogen-bond donors (Lipinski definition) is 1. The summed E-state index contributed by atoms with van der Waals surface area (Å²) in [7, 11) is 0. The zero-order chi connectivity index (χ0) is 9.90. The SMILES string of the molecule is CCCCCCC1=C(O)C(C)(C)C1. The van der Waals surface area contributed by atoms with Gasteiger partial charge in [0.1, 0.15) is 0 Å². The first-order valence-corrected chi connectivity index (χ1v) is 5.49. The Kier molecular flexibility index (Phi) is 3.40. The van der Waals surface area contributed by atoms with E-state index in [1.54, 1.807) is 0 Å². The van der Waals surface area contributed by atoms with Crippen molar-refractivity contribution in [2.24, 2.45) is 5.41 Å². The first-order chi connectivity index (χ1) is 6.08. The maximum absolute atomic E-state index is 9.67. The van der Waals surface area contributed by atoms with E-state index in [9.17, 15) is 5.11 Å². The summed E-state index contributed by atoms with van der Waals surface area (Å²) in [5, 5.41) is 9.67. The molecule has 13 heavy (non-hydrogen) atoms. The van der Waals surface area contributed by atoms with Crippen LogP contribution in [0, 0.1) is 5.41 Å². The minimum absolute atomic E-state index is 0.0834. The highest BCUT2D eigenvalue weighted by atomic mass is 16.3. The fraction of sp³-hybridized carbons (Fsp3) is 0.833. The van der Waals surface area contributed by atoms with Gasteiger partial charge in [0.2, 0.25) is 0 Å². The molecular formula is C12H22O. The van der Waals surface area contributed by atoms with Crippen molar-refractivity contribution in [3.05, 3.63) is 11.3 Å². The second kappa shape index (κ2) is 4.17. The van der Waals surface area contributed by atoms with Crippen LogP contribution in [0.15, 0.2) is 11.3 Å². The Bertz CT molecular complexity index is 201. The van der Waals surface area contributed by atoms with Crippen LogP contribution in [-0.4, -0.2) is 5.11 Å². The summed E-state index contributed by atoms with van der Waals surface area (Å²) in [4.78, 5) is 0. The van der Waals surface area contributed by atoms with E-state index in [0.717, 1.165) is 12.8 Å². The molecule has 1 N–H and O–H groups in total. The van der Waals surface area contributed by atoms with E-state index < -0.39 is 0 Å². The molecule has 1 aliphatic carbocycles. The molecule has 0 heterocycles. The minimum Gasteiger partial charge on any atom is -0.512 e. The number of rotatable bonds is 5. The zero-order valence-corrected chi connectivity index (χ0v) is 9.19. The number of aliphatic hydroxyl groups excluding tert-OH is 1. The van der Waals surface area contributed by atoms with Gasteiger partial charge in [0.15, 0.2) is 0 Å². The summed E-state index contributed by atoms with van der Waals surface area (Å²) in [6, 6.07) is 0. The minimum atomic E-state index is 0.0834. The van der Waals surface area contributed by atoms with Crippen molar-refractivity contribution in [3.8, 4) is 0 Å². The van der Waals surface area contributed by atoms with Gasteiger partial charge in [-0.25, -0.2) is 0 Å². The fourth-order valence-electron chi connectivity index (χ4n) is 2.04. The summed E-state index contributed by atoms with van der Waals surface area (Å²) < 4.78 is 0. The second-order valence-electron chi connectivity index (χ2n) is 4.82. The molecule has 0 saturated carbocycles. The Balaban J connectivity index is 2.21. The molecule has 76 valence electrons. The maximum atomic E-state index is 9.67. The van der Waals surface area contributed by atoms with Crippen LogP contribution < -0.4 is 0 Å². The molecule has 0 bridgehead atoms. The Morgan fingerprint density at radius 2 is 1.92 bits per heavy atom. The molecule has 0 saturated heterocycles. The van der Waals surface area contributed by atoms with Crippen molar-refractivity contribution in [2.75, 3.05) is 0 Å². The van der Waals surface area contributed by atoms with Gasteiger partial charge < -0.3 is 5.11 Å². The largest absolute Gasteiger partial charge is 0.512 e. The van der Waals surface area contributed by atoms with E-state index >= 15 is 0 Å². The molecule has 1 rings (SSSR count). The third-order valence-corrected chi connectivity index (χ3v) is 2.96. The number of allylic oxidation sites excluding steroid dienone is 2. The molecule has 0 radical (unpaired) electrons. The van der Waals surface area contributed by atoms with Crippen molar-refractivity contribution in [1.82, 2.24) is 0 Å². The predicted molar refractivity (Wildman–Crippen MR) is 56.8 cm³/mol. The van der Waals surface area contributed by atoms with Crippen molar-refractivity contribution < 1.29 is 5.11 Å². The zero-order valence-electron chi connectivity index (χ0n) is 9.19. The van der Waals surface area contributed by atoms with Crippen molar-refractivity contribution in [3.63, 3.8) is 0 Å². The molecule has 0 aromatic carbocycles. The van der Waals surface area contributed by atoms with Crippen LogP contribution in [0.3, 0.4) is 0 Å². The van der Waals surface area contributed by atoms with E-state index in [4.69, 9.17) is 0 Å². The van der Waals surface area contributed by atoms with Crippen molar-refractivity contribution in [2.45, 2.75) is 59.3 Å². The standard InChI is InChI=1S/C12H22O/c1-4-5-6-7-8-10-9-12(2,3)11(10)13/h13H,4-9H2,1-3H3.